The van der Waals surface area contributed by atoms with E-state index in [1.54, 1.807) is 24.3 Å². The van der Waals surface area contributed by atoms with Gasteiger partial charge in [0.2, 0.25) is 17.7 Å². The van der Waals surface area contributed by atoms with Gasteiger partial charge in [0, 0.05) is 6.54 Å². The number of amides is 3. The number of aliphatic hydroxyl groups is 1. The molecule has 4 N–H and O–H groups in total. The molecule has 0 aliphatic carbocycles. The summed E-state index contributed by atoms with van der Waals surface area (Å²) in [6, 6.07) is 4.64. The van der Waals surface area contributed by atoms with Crippen LogP contribution in [0, 0.1) is 17.8 Å². The molecule has 3 amide bonds. The van der Waals surface area contributed by atoms with E-state index in [2.05, 4.69) is 16.0 Å². The van der Waals surface area contributed by atoms with Crippen LogP contribution in [0.25, 0.3) is 0 Å². The zero-order chi connectivity index (χ0) is 27.9. The molecule has 37 heavy (non-hydrogen) atoms. The maximum absolute atomic E-state index is 13.8. The van der Waals surface area contributed by atoms with Crippen molar-refractivity contribution in [2.24, 2.45) is 17.8 Å². The van der Waals surface area contributed by atoms with E-state index in [0.29, 0.717) is 24.2 Å². The maximum atomic E-state index is 13.8. The molecule has 3 rings (SSSR count). The molecule has 2 aliphatic rings. The average Bonchev–Trinajstić information content (AvgIpc) is 2.81. The lowest BCUT2D eigenvalue weighted by Crippen LogP contribution is -2.62. The van der Waals surface area contributed by atoms with Crippen LogP contribution in [-0.4, -0.2) is 72.6 Å². The molecule has 5 atom stereocenters. The minimum atomic E-state index is -1.03. The number of benzene rings is 1. The van der Waals surface area contributed by atoms with Crippen molar-refractivity contribution in [3.05, 3.63) is 29.8 Å². The minimum absolute atomic E-state index is 0.0119. The lowest BCUT2D eigenvalue weighted by Gasteiger charge is -2.34. The Balaban J connectivity index is 2.51. The number of nitrogens with one attached hydrogen (secondary N) is 3. The first-order valence-electron chi connectivity index (χ1n) is 13.3. The van der Waals surface area contributed by atoms with E-state index in [4.69, 9.17) is 4.74 Å². The van der Waals surface area contributed by atoms with Gasteiger partial charge in [0.1, 0.15) is 23.9 Å². The van der Waals surface area contributed by atoms with Crippen LogP contribution in [0.3, 0.4) is 0 Å². The molecular formula is C28H46N4O5. The molecule has 5 unspecified atom stereocenters. The van der Waals surface area contributed by atoms with Crippen molar-refractivity contribution in [2.45, 2.75) is 84.7 Å². The second-order valence-corrected chi connectivity index (χ2v) is 11.4. The van der Waals surface area contributed by atoms with Crippen LogP contribution in [0.2, 0.25) is 0 Å². The van der Waals surface area contributed by atoms with Crippen LogP contribution in [0.4, 0.5) is 0 Å². The van der Waals surface area contributed by atoms with Crippen molar-refractivity contribution in [3.63, 3.8) is 0 Å². The maximum Gasteiger partial charge on any atom is 0.247 e. The van der Waals surface area contributed by atoms with Gasteiger partial charge in [-0.1, -0.05) is 53.7 Å². The number of aliphatic hydroxyl groups excluding tert-OH is 1. The van der Waals surface area contributed by atoms with Gasteiger partial charge >= 0.3 is 0 Å². The first-order valence-corrected chi connectivity index (χ1v) is 13.3. The Morgan fingerprint density at radius 2 is 1.68 bits per heavy atom. The van der Waals surface area contributed by atoms with E-state index < -0.39 is 36.2 Å². The van der Waals surface area contributed by atoms with Crippen LogP contribution in [0.5, 0.6) is 5.75 Å². The Morgan fingerprint density at radius 3 is 2.19 bits per heavy atom. The van der Waals surface area contributed by atoms with Gasteiger partial charge in [0.25, 0.3) is 0 Å². The number of likely N-dealkylation sites (N-methyl/N-ethyl adjacent to an activating group) is 1. The van der Waals surface area contributed by atoms with Crippen molar-refractivity contribution in [1.82, 2.24) is 20.9 Å². The zero-order valence-electron chi connectivity index (χ0n) is 23.6. The smallest absolute Gasteiger partial charge is 0.247 e. The molecule has 2 aliphatic heterocycles. The summed E-state index contributed by atoms with van der Waals surface area (Å²) in [5, 5.41) is 19.1. The Labute approximate surface area is 221 Å². The molecule has 1 aromatic rings. The van der Waals surface area contributed by atoms with Gasteiger partial charge in [-0.15, -0.1) is 0 Å². The normalized spacial score (nSPS) is 24.0. The van der Waals surface area contributed by atoms with Crippen LogP contribution in [-0.2, 0) is 14.4 Å². The number of hydrogen-bond donors (Lipinski definition) is 4. The highest BCUT2D eigenvalue weighted by atomic mass is 16.5. The standard InChI is InChI=1S/C28H46N4O5/c1-16(2)13-21-26(34)29-15-23(33)19-9-11-20(12-10-19)37-25(18(5)6)24(28(36)30-21)31-27(35)22(32(7)8)14-17(3)4/h9-12,16-18,21-25,33H,13-15H2,1-8H3,(H,29,34)(H,30,36)(H,31,35). The number of rotatable bonds is 8. The highest BCUT2D eigenvalue weighted by Gasteiger charge is 2.38. The minimum Gasteiger partial charge on any atom is -0.487 e. The summed E-state index contributed by atoms with van der Waals surface area (Å²) in [5.41, 5.74) is 0.641. The molecule has 2 bridgehead atoms. The number of fused-ring (bicyclic) bond motifs is 11. The average molecular weight is 519 g/mol. The van der Waals surface area contributed by atoms with Crippen LogP contribution in [0.1, 0.15) is 66.1 Å². The van der Waals surface area contributed by atoms with Gasteiger partial charge in [-0.2, -0.15) is 0 Å². The Morgan fingerprint density at radius 1 is 1.05 bits per heavy atom. The number of carbonyl (C=O) groups is 3. The Kier molecular flexibility index (Phi) is 11.4. The zero-order valence-corrected chi connectivity index (χ0v) is 23.6. The van der Waals surface area contributed by atoms with Gasteiger partial charge in [-0.05, 0) is 62.4 Å². The molecule has 208 valence electrons. The Bertz CT molecular complexity index is 900. The van der Waals surface area contributed by atoms with E-state index in [9.17, 15) is 19.5 Å². The third-order valence-corrected chi connectivity index (χ3v) is 6.53. The van der Waals surface area contributed by atoms with Crippen molar-refractivity contribution < 1.29 is 24.2 Å². The molecule has 9 nitrogen and oxygen atoms in total. The molecular weight excluding hydrogens is 472 g/mol. The first kappa shape index (κ1) is 30.6. The second-order valence-electron chi connectivity index (χ2n) is 11.4. The van der Waals surface area contributed by atoms with Crippen LogP contribution >= 0.6 is 0 Å². The van der Waals surface area contributed by atoms with E-state index in [0.717, 1.165) is 0 Å². The fraction of sp³-hybridized carbons (Fsp3) is 0.679. The summed E-state index contributed by atoms with van der Waals surface area (Å²) in [6.45, 7) is 11.9. The van der Waals surface area contributed by atoms with Gasteiger partial charge in [-0.3, -0.25) is 19.3 Å². The topological polar surface area (TPSA) is 120 Å². The fourth-order valence-corrected chi connectivity index (χ4v) is 4.46. The summed E-state index contributed by atoms with van der Waals surface area (Å²) in [4.78, 5) is 42.1. The number of nitrogens with zero attached hydrogens (tertiary/aromatic N) is 1. The van der Waals surface area contributed by atoms with Crippen LogP contribution < -0.4 is 20.7 Å². The third kappa shape index (κ3) is 9.00. The third-order valence-electron chi connectivity index (χ3n) is 6.53. The summed E-state index contributed by atoms with van der Waals surface area (Å²) in [6.07, 6.45) is -0.564. The predicted octanol–water partition coefficient (Wildman–Crippen LogP) is 2.25. The lowest BCUT2D eigenvalue weighted by molar-refractivity contribution is -0.136. The largest absolute Gasteiger partial charge is 0.487 e. The van der Waals surface area contributed by atoms with Gasteiger partial charge in [0.05, 0.1) is 12.1 Å². The number of carbonyl (C=O) groups excluding carboxylic acids is 3. The fourth-order valence-electron chi connectivity index (χ4n) is 4.46. The lowest BCUT2D eigenvalue weighted by atomic mass is 9.95. The molecule has 0 saturated carbocycles. The molecule has 1 aromatic carbocycles. The SMILES string of the molecule is CC(C)CC1NC(=O)C(NC(=O)C(CC(C)C)N(C)C)C(C(C)C)Oc2ccc(cc2)C(O)CNC1=O. The molecule has 9 heteroatoms. The van der Waals surface area contributed by atoms with E-state index in [1.807, 2.05) is 60.5 Å². The molecule has 0 aromatic heterocycles. The summed E-state index contributed by atoms with van der Waals surface area (Å²) in [7, 11) is 3.69. The van der Waals surface area contributed by atoms with Crippen molar-refractivity contribution in [3.8, 4) is 5.75 Å². The highest BCUT2D eigenvalue weighted by Crippen LogP contribution is 2.23. The number of ether oxygens (including phenoxy) is 1. The summed E-state index contributed by atoms with van der Waals surface area (Å²) < 4.78 is 6.29. The summed E-state index contributed by atoms with van der Waals surface area (Å²) >= 11 is 0. The second kappa shape index (κ2) is 13.8. The van der Waals surface area contributed by atoms with E-state index in [-0.39, 0.29) is 36.1 Å². The van der Waals surface area contributed by atoms with Gasteiger partial charge < -0.3 is 25.8 Å². The van der Waals surface area contributed by atoms with Crippen molar-refractivity contribution in [1.29, 1.82) is 0 Å². The van der Waals surface area contributed by atoms with E-state index >= 15 is 0 Å². The van der Waals surface area contributed by atoms with Crippen molar-refractivity contribution in [2.75, 3.05) is 20.6 Å². The van der Waals surface area contributed by atoms with E-state index in [1.165, 1.54) is 0 Å². The summed E-state index contributed by atoms with van der Waals surface area (Å²) in [5.74, 6) is -0.348. The first-order chi connectivity index (χ1) is 17.3. The van der Waals surface area contributed by atoms with Crippen LogP contribution in [0.15, 0.2) is 24.3 Å². The molecule has 0 fully saturated rings. The molecule has 0 radical (unpaired) electrons. The molecule has 0 saturated heterocycles. The highest BCUT2D eigenvalue weighted by molar-refractivity contribution is 5.93. The predicted molar refractivity (Wildman–Crippen MR) is 144 cm³/mol. The van der Waals surface area contributed by atoms with Crippen molar-refractivity contribution >= 4 is 17.7 Å². The van der Waals surface area contributed by atoms with Gasteiger partial charge in [0.15, 0.2) is 0 Å². The monoisotopic (exact) mass is 518 g/mol. The molecule has 2 heterocycles. The Hall–Kier alpha value is -2.65. The molecule has 0 spiro atoms. The van der Waals surface area contributed by atoms with Gasteiger partial charge in [-0.25, -0.2) is 0 Å². The number of hydrogen-bond acceptors (Lipinski definition) is 6. The quantitative estimate of drug-likeness (QED) is 0.419.